The number of hydrogen-bond acceptors (Lipinski definition) is 5. The molecule has 0 saturated heterocycles. The molecule has 0 bridgehead atoms. The molecule has 17 heavy (non-hydrogen) atoms. The number of H-pyrrole nitrogens is 1. The van der Waals surface area contributed by atoms with Crippen LogP contribution in [0.15, 0.2) is 14.7 Å². The van der Waals surface area contributed by atoms with Crippen LogP contribution in [0.2, 0.25) is 0 Å². The summed E-state index contributed by atoms with van der Waals surface area (Å²) < 4.78 is 2.36. The van der Waals surface area contributed by atoms with Gasteiger partial charge in [-0.3, -0.25) is 9.78 Å². The first-order valence-corrected chi connectivity index (χ1v) is 5.71. The van der Waals surface area contributed by atoms with Crippen molar-refractivity contribution in [2.24, 2.45) is 17.3 Å². The molecule has 0 spiro atoms. The summed E-state index contributed by atoms with van der Waals surface area (Å²) in [6.07, 6.45) is 0. The summed E-state index contributed by atoms with van der Waals surface area (Å²) >= 11 is 3.37. The van der Waals surface area contributed by atoms with Crippen molar-refractivity contribution >= 4 is 33.3 Å². The van der Waals surface area contributed by atoms with E-state index in [1.807, 2.05) is 13.8 Å². The van der Waals surface area contributed by atoms with E-state index < -0.39 is 0 Å². The Balaban J connectivity index is 2.35. The third-order valence-electron chi connectivity index (χ3n) is 2.33. The minimum atomic E-state index is 0.481. The molecule has 8 heteroatoms. The van der Waals surface area contributed by atoms with Gasteiger partial charge in [0.1, 0.15) is 5.82 Å². The maximum atomic E-state index is 5.82. The number of nitrogen functional groups attached to an aromatic ring is 1. The van der Waals surface area contributed by atoms with Gasteiger partial charge < -0.3 is 5.73 Å². The number of aryl methyl sites for hydroxylation is 3. The molecule has 0 aromatic carbocycles. The molecule has 90 valence electrons. The van der Waals surface area contributed by atoms with Crippen LogP contribution < -0.4 is 5.73 Å². The first-order valence-electron chi connectivity index (χ1n) is 4.92. The maximum absolute atomic E-state index is 5.82. The topological polar surface area (TPSA) is 97.2 Å². The number of nitrogens with one attached hydrogen (secondary N) is 1. The number of aromatic nitrogens is 4. The van der Waals surface area contributed by atoms with Crippen molar-refractivity contribution in [1.82, 2.24) is 20.0 Å². The fourth-order valence-electron chi connectivity index (χ4n) is 1.35. The van der Waals surface area contributed by atoms with E-state index in [9.17, 15) is 0 Å². The minimum Gasteiger partial charge on any atom is -0.382 e. The third-order valence-corrected chi connectivity index (χ3v) is 3.28. The zero-order valence-corrected chi connectivity index (χ0v) is 11.3. The van der Waals surface area contributed by atoms with E-state index in [-0.39, 0.29) is 0 Å². The normalized spacial score (nSPS) is 11.5. The van der Waals surface area contributed by atoms with Crippen molar-refractivity contribution < 1.29 is 0 Å². The number of halogens is 1. The number of aromatic amines is 1. The van der Waals surface area contributed by atoms with Crippen LogP contribution in [-0.2, 0) is 7.05 Å². The smallest absolute Gasteiger partial charge is 0.209 e. The van der Waals surface area contributed by atoms with Crippen molar-refractivity contribution in [1.29, 1.82) is 0 Å². The molecule has 0 fully saturated rings. The third kappa shape index (κ3) is 2.07. The average Bonchev–Trinajstić information content (AvgIpc) is 2.71. The standard InChI is InChI=1S/C9H12BrN7/c1-4-6(10)9(14-12-4)15-13-7-5(2)16-17(3)8(7)11/h11H2,1-3H3,(H,12,14). The predicted octanol–water partition coefficient (Wildman–Crippen LogP) is 2.52. The highest BCUT2D eigenvalue weighted by molar-refractivity contribution is 9.10. The molecule has 0 saturated carbocycles. The second-order valence-electron chi connectivity index (χ2n) is 3.63. The molecule has 0 amide bonds. The van der Waals surface area contributed by atoms with Crippen LogP contribution in [0.3, 0.4) is 0 Å². The Kier molecular flexibility index (Phi) is 2.97. The first-order chi connectivity index (χ1) is 8.00. The summed E-state index contributed by atoms with van der Waals surface area (Å²) in [4.78, 5) is 0. The lowest BCUT2D eigenvalue weighted by molar-refractivity contribution is 0.767. The summed E-state index contributed by atoms with van der Waals surface area (Å²) in [5, 5.41) is 19.1. The van der Waals surface area contributed by atoms with Crippen LogP contribution in [0.5, 0.6) is 0 Å². The summed E-state index contributed by atoms with van der Waals surface area (Å²) in [5.74, 6) is 0.972. The number of hydrogen-bond donors (Lipinski definition) is 2. The van der Waals surface area contributed by atoms with Crippen LogP contribution in [-0.4, -0.2) is 20.0 Å². The van der Waals surface area contributed by atoms with Gasteiger partial charge in [-0.2, -0.15) is 10.2 Å². The van der Waals surface area contributed by atoms with Crippen LogP contribution in [0.4, 0.5) is 17.3 Å². The highest BCUT2D eigenvalue weighted by Gasteiger charge is 2.10. The van der Waals surface area contributed by atoms with Crippen LogP contribution in [0.25, 0.3) is 0 Å². The number of rotatable bonds is 2. The molecule has 0 aliphatic rings. The Labute approximate surface area is 106 Å². The van der Waals surface area contributed by atoms with Gasteiger partial charge in [0.2, 0.25) is 5.82 Å². The molecule has 7 nitrogen and oxygen atoms in total. The molecule has 2 heterocycles. The Morgan fingerprint density at radius 1 is 1.35 bits per heavy atom. The molecule has 2 rings (SSSR count). The van der Waals surface area contributed by atoms with Gasteiger partial charge in [-0.25, -0.2) is 0 Å². The molecular formula is C9H12BrN7. The predicted molar refractivity (Wildman–Crippen MR) is 67.6 cm³/mol. The first kappa shape index (κ1) is 11.8. The van der Waals surface area contributed by atoms with Crippen molar-refractivity contribution in [3.63, 3.8) is 0 Å². The maximum Gasteiger partial charge on any atom is 0.209 e. The van der Waals surface area contributed by atoms with E-state index in [1.165, 1.54) is 0 Å². The quantitative estimate of drug-likeness (QED) is 0.833. The highest BCUT2D eigenvalue weighted by atomic mass is 79.9. The van der Waals surface area contributed by atoms with Gasteiger partial charge in [-0.1, -0.05) is 0 Å². The van der Waals surface area contributed by atoms with Gasteiger partial charge in [0.05, 0.1) is 10.2 Å². The van der Waals surface area contributed by atoms with Crippen LogP contribution in [0.1, 0.15) is 11.4 Å². The molecule has 0 radical (unpaired) electrons. The minimum absolute atomic E-state index is 0.481. The SMILES string of the molecule is Cc1nn(C)c(N)c1N=Nc1n[nH]c(C)c1Br. The van der Waals surface area contributed by atoms with E-state index in [0.717, 1.165) is 15.9 Å². The summed E-state index contributed by atoms with van der Waals surface area (Å²) in [5.41, 5.74) is 8.02. The van der Waals surface area contributed by atoms with Gasteiger partial charge in [-0.15, -0.1) is 10.2 Å². The Morgan fingerprint density at radius 3 is 2.53 bits per heavy atom. The van der Waals surface area contributed by atoms with Crippen molar-refractivity contribution in [3.8, 4) is 0 Å². The second-order valence-corrected chi connectivity index (χ2v) is 4.42. The molecule has 0 atom stereocenters. The fourth-order valence-corrected chi connectivity index (χ4v) is 1.61. The van der Waals surface area contributed by atoms with E-state index in [4.69, 9.17) is 5.73 Å². The number of anilines is 1. The number of azo groups is 1. The Hall–Kier alpha value is -1.70. The fraction of sp³-hybridized carbons (Fsp3) is 0.333. The lowest BCUT2D eigenvalue weighted by atomic mass is 10.4. The van der Waals surface area contributed by atoms with Crippen LogP contribution in [0, 0.1) is 13.8 Å². The van der Waals surface area contributed by atoms with Gasteiger partial charge >= 0.3 is 0 Å². The second kappa shape index (κ2) is 4.28. The van der Waals surface area contributed by atoms with Gasteiger partial charge in [0.25, 0.3) is 0 Å². The van der Waals surface area contributed by atoms with Crippen molar-refractivity contribution in [2.45, 2.75) is 13.8 Å². The van der Waals surface area contributed by atoms with E-state index in [1.54, 1.807) is 11.7 Å². The zero-order valence-electron chi connectivity index (χ0n) is 9.69. The molecule has 2 aromatic rings. The van der Waals surface area contributed by atoms with Crippen molar-refractivity contribution in [2.75, 3.05) is 5.73 Å². The van der Waals surface area contributed by atoms with Crippen molar-refractivity contribution in [3.05, 3.63) is 15.9 Å². The zero-order chi connectivity index (χ0) is 12.6. The molecular weight excluding hydrogens is 286 g/mol. The van der Waals surface area contributed by atoms with E-state index >= 15 is 0 Å². The molecule has 0 aliphatic carbocycles. The highest BCUT2D eigenvalue weighted by Crippen LogP contribution is 2.30. The summed E-state index contributed by atoms with van der Waals surface area (Å²) in [6, 6.07) is 0. The van der Waals surface area contributed by atoms with E-state index in [0.29, 0.717) is 17.3 Å². The largest absolute Gasteiger partial charge is 0.382 e. The summed E-state index contributed by atoms with van der Waals surface area (Å²) in [6.45, 7) is 3.72. The lowest BCUT2D eigenvalue weighted by Gasteiger charge is -1.92. The number of nitrogens with two attached hydrogens (primary N) is 1. The summed E-state index contributed by atoms with van der Waals surface area (Å²) in [7, 11) is 1.76. The van der Waals surface area contributed by atoms with Crippen LogP contribution >= 0.6 is 15.9 Å². The lowest BCUT2D eigenvalue weighted by Crippen LogP contribution is -1.96. The molecule has 3 N–H and O–H groups in total. The molecule has 2 aromatic heterocycles. The van der Waals surface area contributed by atoms with Gasteiger partial charge in [0.15, 0.2) is 5.69 Å². The monoisotopic (exact) mass is 297 g/mol. The average molecular weight is 298 g/mol. The Bertz CT molecular complexity index is 580. The Morgan fingerprint density at radius 2 is 2.06 bits per heavy atom. The van der Waals surface area contributed by atoms with E-state index in [2.05, 4.69) is 41.5 Å². The van der Waals surface area contributed by atoms with Gasteiger partial charge in [0, 0.05) is 12.7 Å². The molecule has 0 unspecified atom stereocenters. The number of nitrogens with zero attached hydrogens (tertiary/aromatic N) is 5. The molecule has 0 aliphatic heterocycles. The van der Waals surface area contributed by atoms with Gasteiger partial charge in [-0.05, 0) is 29.8 Å².